The van der Waals surface area contributed by atoms with Crippen LogP contribution in [0.3, 0.4) is 0 Å². The summed E-state index contributed by atoms with van der Waals surface area (Å²) in [5.41, 5.74) is 8.07. The summed E-state index contributed by atoms with van der Waals surface area (Å²) in [5.74, 6) is 0.706. The van der Waals surface area contributed by atoms with Gasteiger partial charge in [0.1, 0.15) is 5.75 Å². The minimum atomic E-state index is -0.206. The maximum Gasteiger partial charge on any atom is 0.255 e. The number of aromatic nitrogens is 2. The van der Waals surface area contributed by atoms with Crippen LogP contribution in [-0.2, 0) is 0 Å². The zero-order chi connectivity index (χ0) is 17.0. The second-order valence-corrected chi connectivity index (χ2v) is 5.44. The molecule has 2 aromatic rings. The van der Waals surface area contributed by atoms with E-state index in [0.717, 1.165) is 11.3 Å². The van der Waals surface area contributed by atoms with Gasteiger partial charge in [-0.3, -0.25) is 4.79 Å². The largest absolute Gasteiger partial charge is 0.491 e. The Kier molecular flexibility index (Phi) is 5.16. The second-order valence-electron chi connectivity index (χ2n) is 5.44. The molecule has 0 saturated carbocycles. The van der Waals surface area contributed by atoms with Gasteiger partial charge in [0, 0.05) is 12.1 Å². The molecule has 0 aliphatic carbocycles. The fraction of sp³-hybridized carbons (Fsp3) is 0.353. The molecule has 1 heterocycles. The minimum absolute atomic E-state index is 0.101. The number of hydrogen-bond acceptors (Lipinski definition) is 5. The molecular formula is C17H22N4O2. The number of benzene rings is 1. The first kappa shape index (κ1) is 16.7. The van der Waals surface area contributed by atoms with Gasteiger partial charge in [-0.15, -0.1) is 0 Å². The minimum Gasteiger partial charge on any atom is -0.491 e. The lowest BCUT2D eigenvalue weighted by Gasteiger charge is -2.13. The maximum absolute atomic E-state index is 12.3. The highest BCUT2D eigenvalue weighted by atomic mass is 16.5. The molecule has 0 fully saturated rings. The normalized spacial score (nSPS) is 10.7. The number of nitrogens with two attached hydrogens (primary N) is 1. The topological polar surface area (TPSA) is 90.1 Å². The first-order valence-electron chi connectivity index (χ1n) is 7.61. The Morgan fingerprint density at radius 3 is 2.48 bits per heavy atom. The number of anilines is 1. The van der Waals surface area contributed by atoms with E-state index in [2.05, 4.69) is 15.3 Å². The molecule has 0 aliphatic rings. The molecule has 122 valence electrons. The molecule has 0 aliphatic heterocycles. The van der Waals surface area contributed by atoms with Gasteiger partial charge in [-0.25, -0.2) is 9.97 Å². The van der Waals surface area contributed by atoms with Crippen molar-refractivity contribution in [3.8, 4) is 17.0 Å². The summed E-state index contributed by atoms with van der Waals surface area (Å²) in [7, 11) is 0. The van der Waals surface area contributed by atoms with E-state index in [-0.39, 0.29) is 18.0 Å². The van der Waals surface area contributed by atoms with Gasteiger partial charge in [-0.1, -0.05) is 0 Å². The van der Waals surface area contributed by atoms with Crippen molar-refractivity contribution in [2.45, 2.75) is 33.8 Å². The highest BCUT2D eigenvalue weighted by Gasteiger charge is 2.19. The number of carbonyl (C=O) groups is 1. The molecule has 3 N–H and O–H groups in total. The van der Waals surface area contributed by atoms with Gasteiger partial charge in [0.25, 0.3) is 5.91 Å². The van der Waals surface area contributed by atoms with Gasteiger partial charge in [0.15, 0.2) is 0 Å². The van der Waals surface area contributed by atoms with Crippen LogP contribution in [0.4, 0.5) is 5.95 Å². The number of aryl methyl sites for hydroxylation is 1. The Labute approximate surface area is 136 Å². The van der Waals surface area contributed by atoms with Crippen molar-refractivity contribution in [1.82, 2.24) is 15.3 Å². The Morgan fingerprint density at radius 1 is 1.26 bits per heavy atom. The molecular weight excluding hydrogens is 292 g/mol. The van der Waals surface area contributed by atoms with E-state index in [0.29, 0.717) is 23.5 Å². The average Bonchev–Trinajstić information content (AvgIpc) is 2.46. The fourth-order valence-electron chi connectivity index (χ4n) is 2.29. The molecule has 0 bridgehead atoms. The van der Waals surface area contributed by atoms with Gasteiger partial charge in [0.05, 0.1) is 23.1 Å². The third-order valence-corrected chi connectivity index (χ3v) is 3.17. The summed E-state index contributed by atoms with van der Waals surface area (Å²) < 4.78 is 5.63. The number of ether oxygens (including phenoxy) is 1. The predicted octanol–water partition coefficient (Wildman–Crippen LogP) is 2.57. The quantitative estimate of drug-likeness (QED) is 0.885. The standard InChI is InChI=1S/C17H22N4O2/c1-5-19-16(22)14-11(4)20-17(18)21-15(14)12-6-8-13(9-7-12)23-10(2)3/h6-10H,5H2,1-4H3,(H,19,22)(H2,18,20,21). The monoisotopic (exact) mass is 314 g/mol. The highest BCUT2D eigenvalue weighted by molar-refractivity contribution is 6.01. The van der Waals surface area contributed by atoms with Crippen molar-refractivity contribution in [2.24, 2.45) is 0 Å². The van der Waals surface area contributed by atoms with Crippen molar-refractivity contribution in [2.75, 3.05) is 12.3 Å². The summed E-state index contributed by atoms with van der Waals surface area (Å²) in [6.07, 6.45) is 0.101. The van der Waals surface area contributed by atoms with Gasteiger partial charge >= 0.3 is 0 Å². The summed E-state index contributed by atoms with van der Waals surface area (Å²) in [4.78, 5) is 20.7. The Balaban J connectivity index is 2.47. The summed E-state index contributed by atoms with van der Waals surface area (Å²) in [5, 5.41) is 2.79. The van der Waals surface area contributed by atoms with Gasteiger partial charge in [-0.2, -0.15) is 0 Å². The number of nitrogen functional groups attached to an aromatic ring is 1. The van der Waals surface area contributed by atoms with E-state index in [9.17, 15) is 4.79 Å². The third-order valence-electron chi connectivity index (χ3n) is 3.17. The molecule has 1 aromatic heterocycles. The molecule has 1 aromatic carbocycles. The van der Waals surface area contributed by atoms with Crippen LogP contribution >= 0.6 is 0 Å². The third kappa shape index (κ3) is 3.97. The Bertz CT molecular complexity index is 696. The summed E-state index contributed by atoms with van der Waals surface area (Å²) >= 11 is 0. The number of carbonyl (C=O) groups excluding carboxylic acids is 1. The molecule has 0 unspecified atom stereocenters. The zero-order valence-corrected chi connectivity index (χ0v) is 13.9. The van der Waals surface area contributed by atoms with Crippen LogP contribution in [0.5, 0.6) is 5.75 Å². The molecule has 1 amide bonds. The smallest absolute Gasteiger partial charge is 0.255 e. The summed E-state index contributed by atoms with van der Waals surface area (Å²) in [6.45, 7) is 8.08. The average molecular weight is 314 g/mol. The van der Waals surface area contributed by atoms with Crippen LogP contribution in [0.1, 0.15) is 36.8 Å². The lowest BCUT2D eigenvalue weighted by atomic mass is 10.0. The van der Waals surface area contributed by atoms with Crippen LogP contribution < -0.4 is 15.8 Å². The predicted molar refractivity (Wildman–Crippen MR) is 90.4 cm³/mol. The molecule has 2 rings (SSSR count). The molecule has 23 heavy (non-hydrogen) atoms. The molecule has 0 atom stereocenters. The first-order valence-corrected chi connectivity index (χ1v) is 7.61. The fourth-order valence-corrected chi connectivity index (χ4v) is 2.29. The van der Waals surface area contributed by atoms with Crippen LogP contribution in [0, 0.1) is 6.92 Å². The van der Waals surface area contributed by atoms with Crippen molar-refractivity contribution in [3.63, 3.8) is 0 Å². The van der Waals surface area contributed by atoms with E-state index >= 15 is 0 Å². The maximum atomic E-state index is 12.3. The number of nitrogens with zero attached hydrogens (tertiary/aromatic N) is 2. The van der Waals surface area contributed by atoms with Crippen LogP contribution in [0.2, 0.25) is 0 Å². The Morgan fingerprint density at radius 2 is 1.91 bits per heavy atom. The Hall–Kier alpha value is -2.63. The zero-order valence-electron chi connectivity index (χ0n) is 13.9. The molecule has 0 spiro atoms. The first-order chi connectivity index (χ1) is 10.9. The molecule has 6 heteroatoms. The summed E-state index contributed by atoms with van der Waals surface area (Å²) in [6, 6.07) is 7.43. The lowest BCUT2D eigenvalue weighted by molar-refractivity contribution is 0.0955. The van der Waals surface area contributed by atoms with Crippen molar-refractivity contribution in [3.05, 3.63) is 35.5 Å². The number of nitrogens with one attached hydrogen (secondary N) is 1. The van der Waals surface area contributed by atoms with E-state index < -0.39 is 0 Å². The van der Waals surface area contributed by atoms with E-state index in [4.69, 9.17) is 10.5 Å². The number of hydrogen-bond donors (Lipinski definition) is 2. The lowest BCUT2D eigenvalue weighted by Crippen LogP contribution is -2.25. The highest BCUT2D eigenvalue weighted by Crippen LogP contribution is 2.26. The van der Waals surface area contributed by atoms with Gasteiger partial charge < -0.3 is 15.8 Å². The van der Waals surface area contributed by atoms with Crippen molar-refractivity contribution < 1.29 is 9.53 Å². The van der Waals surface area contributed by atoms with Crippen LogP contribution in [0.15, 0.2) is 24.3 Å². The van der Waals surface area contributed by atoms with Gasteiger partial charge in [0.2, 0.25) is 5.95 Å². The number of rotatable bonds is 5. The molecule has 0 saturated heterocycles. The van der Waals surface area contributed by atoms with Crippen molar-refractivity contribution >= 4 is 11.9 Å². The van der Waals surface area contributed by atoms with Crippen molar-refractivity contribution in [1.29, 1.82) is 0 Å². The SMILES string of the molecule is CCNC(=O)c1c(C)nc(N)nc1-c1ccc(OC(C)C)cc1. The van der Waals surface area contributed by atoms with Crippen LogP contribution in [-0.4, -0.2) is 28.5 Å². The molecule has 0 radical (unpaired) electrons. The van der Waals surface area contributed by atoms with Crippen LogP contribution in [0.25, 0.3) is 11.3 Å². The van der Waals surface area contributed by atoms with Gasteiger partial charge in [-0.05, 0) is 52.0 Å². The van der Waals surface area contributed by atoms with E-state index in [1.807, 2.05) is 45.0 Å². The van der Waals surface area contributed by atoms with E-state index in [1.165, 1.54) is 0 Å². The number of amides is 1. The molecule has 6 nitrogen and oxygen atoms in total. The van der Waals surface area contributed by atoms with E-state index in [1.54, 1.807) is 6.92 Å². The second kappa shape index (κ2) is 7.09.